The van der Waals surface area contributed by atoms with Gasteiger partial charge in [0.25, 0.3) is 0 Å². The molecular formula is C17H21F2NO4. The van der Waals surface area contributed by atoms with Crippen molar-refractivity contribution in [2.75, 3.05) is 14.2 Å². The average molecular weight is 341 g/mol. The first-order valence-electron chi connectivity index (χ1n) is 7.22. The van der Waals surface area contributed by atoms with Crippen molar-refractivity contribution in [2.45, 2.75) is 33.3 Å². The molecule has 0 spiro atoms. The lowest BCUT2D eigenvalue weighted by atomic mass is 10.1. The predicted octanol–water partition coefficient (Wildman–Crippen LogP) is 3.98. The van der Waals surface area contributed by atoms with E-state index >= 15 is 0 Å². The molecule has 0 saturated carbocycles. The summed E-state index contributed by atoms with van der Waals surface area (Å²) in [7, 11) is 2.45. The number of hydrogen-bond acceptors (Lipinski definition) is 4. The standard InChI is InChI=1S/C17H21F2NO4/c1-7-14(20(5)16(22)24-17(2,3)4)10-8-13(19)11(9-12(10)18)15(21)23-6/h7-9H,1-6H3/b14-7-. The third kappa shape index (κ3) is 4.53. The molecule has 24 heavy (non-hydrogen) atoms. The highest BCUT2D eigenvalue weighted by Crippen LogP contribution is 2.26. The number of carbonyl (C=O) groups excluding carboxylic acids is 2. The molecule has 0 aromatic heterocycles. The van der Waals surface area contributed by atoms with E-state index in [1.165, 1.54) is 13.1 Å². The molecule has 0 aliphatic rings. The van der Waals surface area contributed by atoms with Crippen LogP contribution in [0.25, 0.3) is 5.70 Å². The first kappa shape index (κ1) is 19.6. The normalized spacial score (nSPS) is 11.9. The van der Waals surface area contributed by atoms with Crippen molar-refractivity contribution in [3.05, 3.63) is 41.0 Å². The van der Waals surface area contributed by atoms with E-state index in [1.54, 1.807) is 27.7 Å². The van der Waals surface area contributed by atoms with Crippen molar-refractivity contribution in [3.63, 3.8) is 0 Å². The summed E-state index contributed by atoms with van der Waals surface area (Å²) in [4.78, 5) is 24.6. The van der Waals surface area contributed by atoms with Crippen LogP contribution in [0.1, 0.15) is 43.6 Å². The molecule has 0 bridgehead atoms. The number of halogens is 2. The summed E-state index contributed by atoms with van der Waals surface area (Å²) in [6, 6.07) is 1.58. The third-order valence-corrected chi connectivity index (χ3v) is 3.04. The van der Waals surface area contributed by atoms with Crippen molar-refractivity contribution in [1.29, 1.82) is 0 Å². The van der Waals surface area contributed by atoms with E-state index in [9.17, 15) is 18.4 Å². The van der Waals surface area contributed by atoms with Gasteiger partial charge in [-0.3, -0.25) is 4.90 Å². The molecule has 5 nitrogen and oxygen atoms in total. The van der Waals surface area contributed by atoms with Gasteiger partial charge in [-0.2, -0.15) is 0 Å². The van der Waals surface area contributed by atoms with Gasteiger partial charge in [-0.05, 0) is 39.8 Å². The minimum atomic E-state index is -0.986. The second kappa shape index (κ2) is 7.42. The van der Waals surface area contributed by atoms with Gasteiger partial charge in [0.15, 0.2) is 0 Å². The molecule has 1 aromatic carbocycles. The van der Waals surface area contributed by atoms with Crippen molar-refractivity contribution in [1.82, 2.24) is 4.90 Å². The molecule has 0 unspecified atom stereocenters. The molecule has 1 aromatic rings. The lowest BCUT2D eigenvalue weighted by Gasteiger charge is -2.26. The molecule has 132 valence electrons. The predicted molar refractivity (Wildman–Crippen MR) is 85.3 cm³/mol. The van der Waals surface area contributed by atoms with Gasteiger partial charge >= 0.3 is 12.1 Å². The van der Waals surface area contributed by atoms with Crippen LogP contribution in [0.5, 0.6) is 0 Å². The largest absolute Gasteiger partial charge is 0.465 e. The van der Waals surface area contributed by atoms with E-state index < -0.39 is 34.9 Å². The van der Waals surface area contributed by atoms with Gasteiger partial charge < -0.3 is 9.47 Å². The molecule has 7 heteroatoms. The van der Waals surface area contributed by atoms with E-state index in [0.29, 0.717) is 0 Å². The smallest absolute Gasteiger partial charge is 0.414 e. The highest BCUT2D eigenvalue weighted by Gasteiger charge is 2.25. The Morgan fingerprint density at radius 3 is 2.08 bits per heavy atom. The quantitative estimate of drug-likeness (QED) is 0.781. The number of methoxy groups -OCH3 is 1. The Bertz CT molecular complexity index is 678. The Labute approximate surface area is 139 Å². The SMILES string of the molecule is C/C=C(/c1cc(F)c(C(=O)OC)cc1F)N(C)C(=O)OC(C)(C)C. The molecule has 0 N–H and O–H groups in total. The van der Waals surface area contributed by atoms with Gasteiger partial charge in [0.1, 0.15) is 17.2 Å². The fourth-order valence-corrected chi connectivity index (χ4v) is 1.97. The number of rotatable bonds is 3. The van der Waals surface area contributed by atoms with E-state index in [0.717, 1.165) is 24.1 Å². The zero-order chi connectivity index (χ0) is 18.7. The van der Waals surface area contributed by atoms with Crippen LogP contribution in [0.2, 0.25) is 0 Å². The number of hydrogen-bond donors (Lipinski definition) is 0. The van der Waals surface area contributed by atoms with E-state index in [2.05, 4.69) is 4.74 Å². The highest BCUT2D eigenvalue weighted by molar-refractivity contribution is 5.90. The zero-order valence-electron chi connectivity index (χ0n) is 14.6. The van der Waals surface area contributed by atoms with Gasteiger partial charge in [-0.15, -0.1) is 0 Å². The number of amides is 1. The van der Waals surface area contributed by atoms with E-state index in [-0.39, 0.29) is 11.3 Å². The van der Waals surface area contributed by atoms with E-state index in [1.807, 2.05) is 0 Å². The maximum Gasteiger partial charge on any atom is 0.414 e. The van der Waals surface area contributed by atoms with Crippen LogP contribution >= 0.6 is 0 Å². The maximum atomic E-state index is 14.3. The minimum Gasteiger partial charge on any atom is -0.465 e. The van der Waals surface area contributed by atoms with Crippen molar-refractivity contribution < 1.29 is 27.8 Å². The molecule has 0 aliphatic carbocycles. The third-order valence-electron chi connectivity index (χ3n) is 3.04. The summed E-state index contributed by atoms with van der Waals surface area (Å²) in [5.41, 5.74) is -1.31. The summed E-state index contributed by atoms with van der Waals surface area (Å²) in [5.74, 6) is -2.80. The van der Waals surface area contributed by atoms with Crippen LogP contribution in [-0.2, 0) is 9.47 Å². The van der Waals surface area contributed by atoms with Gasteiger partial charge in [0.2, 0.25) is 0 Å². The maximum absolute atomic E-state index is 14.3. The molecule has 0 radical (unpaired) electrons. The molecule has 0 heterocycles. The fourth-order valence-electron chi connectivity index (χ4n) is 1.97. The van der Waals surface area contributed by atoms with Crippen LogP contribution in [0.15, 0.2) is 18.2 Å². The molecule has 0 aliphatic heterocycles. The molecule has 1 amide bonds. The number of carbonyl (C=O) groups is 2. The average Bonchev–Trinajstić information content (AvgIpc) is 2.48. The summed E-state index contributed by atoms with van der Waals surface area (Å²) < 4.78 is 38.0. The fraction of sp³-hybridized carbons (Fsp3) is 0.412. The molecule has 1 rings (SSSR count). The first-order chi connectivity index (χ1) is 11.0. The topological polar surface area (TPSA) is 55.8 Å². The van der Waals surface area contributed by atoms with Crippen LogP contribution in [0.3, 0.4) is 0 Å². The molecule has 0 saturated heterocycles. The summed E-state index contributed by atoms with van der Waals surface area (Å²) in [6.07, 6.45) is 0.729. The minimum absolute atomic E-state index is 0.108. The van der Waals surface area contributed by atoms with Gasteiger partial charge in [-0.25, -0.2) is 18.4 Å². The Kier molecular flexibility index (Phi) is 6.06. The highest BCUT2D eigenvalue weighted by atomic mass is 19.1. The number of nitrogens with zero attached hydrogens (tertiary/aromatic N) is 1. The van der Waals surface area contributed by atoms with Crippen molar-refractivity contribution >= 4 is 17.8 Å². The van der Waals surface area contributed by atoms with Crippen LogP contribution in [0.4, 0.5) is 13.6 Å². The number of allylic oxidation sites excluding steroid dienone is 1. The Balaban J connectivity index is 3.25. The summed E-state index contributed by atoms with van der Waals surface area (Å²) in [6.45, 7) is 6.65. The molecular weight excluding hydrogens is 320 g/mol. The van der Waals surface area contributed by atoms with E-state index in [4.69, 9.17) is 4.74 Å². The van der Waals surface area contributed by atoms with Gasteiger partial charge in [-0.1, -0.05) is 6.08 Å². The van der Waals surface area contributed by atoms with Crippen LogP contribution in [-0.4, -0.2) is 36.7 Å². The van der Waals surface area contributed by atoms with Crippen molar-refractivity contribution in [3.8, 4) is 0 Å². The second-order valence-corrected chi connectivity index (χ2v) is 6.02. The second-order valence-electron chi connectivity index (χ2n) is 6.02. The Hall–Kier alpha value is -2.44. The number of benzene rings is 1. The monoisotopic (exact) mass is 341 g/mol. The Morgan fingerprint density at radius 1 is 1.12 bits per heavy atom. The van der Waals surface area contributed by atoms with Gasteiger partial charge in [0, 0.05) is 12.6 Å². The van der Waals surface area contributed by atoms with Crippen molar-refractivity contribution in [2.24, 2.45) is 0 Å². The Morgan fingerprint density at radius 2 is 1.62 bits per heavy atom. The number of esters is 1. The van der Waals surface area contributed by atoms with Crippen LogP contribution in [0, 0.1) is 11.6 Å². The molecule has 0 fully saturated rings. The lowest BCUT2D eigenvalue weighted by Crippen LogP contribution is -2.33. The summed E-state index contributed by atoms with van der Waals surface area (Å²) in [5, 5.41) is 0. The summed E-state index contributed by atoms with van der Waals surface area (Å²) >= 11 is 0. The molecule has 0 atom stereocenters. The lowest BCUT2D eigenvalue weighted by molar-refractivity contribution is 0.0386. The first-order valence-corrected chi connectivity index (χ1v) is 7.22. The zero-order valence-corrected chi connectivity index (χ0v) is 14.6. The number of ether oxygens (including phenoxy) is 2. The van der Waals surface area contributed by atoms with Gasteiger partial charge in [0.05, 0.1) is 18.4 Å². The van der Waals surface area contributed by atoms with Crippen LogP contribution < -0.4 is 0 Å².